The number of aromatic nitrogens is 1. The zero-order valence-electron chi connectivity index (χ0n) is 11.7. The minimum Gasteiger partial charge on any atom is -0.397 e. The second-order valence-electron chi connectivity index (χ2n) is 4.83. The summed E-state index contributed by atoms with van der Waals surface area (Å²) in [7, 11) is 0. The van der Waals surface area contributed by atoms with Gasteiger partial charge in [0.2, 0.25) is 5.91 Å². The van der Waals surface area contributed by atoms with E-state index in [4.69, 9.17) is 10.5 Å². The number of carbonyl (C=O) groups is 1. The Morgan fingerprint density at radius 2 is 2.35 bits per heavy atom. The Hall–Kier alpha value is -1.33. The molecular formula is C14H22ClN3O2. The van der Waals surface area contributed by atoms with Crippen LogP contribution in [0.3, 0.4) is 0 Å². The van der Waals surface area contributed by atoms with E-state index in [-0.39, 0.29) is 24.4 Å². The van der Waals surface area contributed by atoms with E-state index in [9.17, 15) is 4.79 Å². The Labute approximate surface area is 125 Å². The summed E-state index contributed by atoms with van der Waals surface area (Å²) in [5.74, 6) is 0.0928. The summed E-state index contributed by atoms with van der Waals surface area (Å²) in [5, 5.41) is 0. The zero-order valence-corrected chi connectivity index (χ0v) is 12.6. The summed E-state index contributed by atoms with van der Waals surface area (Å²) in [4.78, 5) is 18.2. The Morgan fingerprint density at radius 1 is 1.55 bits per heavy atom. The van der Waals surface area contributed by atoms with Gasteiger partial charge < -0.3 is 15.4 Å². The number of carbonyl (C=O) groups excluding carboxylic acids is 1. The van der Waals surface area contributed by atoms with Gasteiger partial charge in [0.1, 0.15) is 0 Å². The molecule has 1 unspecified atom stereocenters. The van der Waals surface area contributed by atoms with Crippen molar-refractivity contribution in [1.82, 2.24) is 9.88 Å². The van der Waals surface area contributed by atoms with Crippen molar-refractivity contribution in [2.75, 3.05) is 25.4 Å². The predicted molar refractivity (Wildman–Crippen MR) is 80.8 cm³/mol. The average Bonchev–Trinajstić information content (AvgIpc) is 2.91. The van der Waals surface area contributed by atoms with E-state index in [0.717, 1.165) is 25.1 Å². The lowest BCUT2D eigenvalue weighted by Crippen LogP contribution is -2.38. The minimum atomic E-state index is 0. The van der Waals surface area contributed by atoms with Crippen LogP contribution in [0.15, 0.2) is 18.3 Å². The normalized spacial score (nSPS) is 17.6. The first-order valence-corrected chi connectivity index (χ1v) is 6.79. The van der Waals surface area contributed by atoms with Crippen LogP contribution in [0.2, 0.25) is 0 Å². The highest BCUT2D eigenvalue weighted by Gasteiger charge is 2.21. The Morgan fingerprint density at radius 3 is 2.90 bits per heavy atom. The first-order valence-electron chi connectivity index (χ1n) is 6.79. The van der Waals surface area contributed by atoms with Crippen LogP contribution in [0.25, 0.3) is 0 Å². The first-order chi connectivity index (χ1) is 9.19. The van der Waals surface area contributed by atoms with Gasteiger partial charge in [-0.2, -0.15) is 0 Å². The molecule has 1 aliphatic heterocycles. The lowest BCUT2D eigenvalue weighted by Gasteiger charge is -2.23. The molecule has 112 valence electrons. The van der Waals surface area contributed by atoms with Gasteiger partial charge in [-0.25, -0.2) is 0 Å². The molecule has 2 rings (SSSR count). The number of rotatable bonds is 5. The highest BCUT2D eigenvalue weighted by atomic mass is 35.5. The van der Waals surface area contributed by atoms with Crippen molar-refractivity contribution < 1.29 is 9.53 Å². The number of hydrogen-bond donors (Lipinski definition) is 1. The second-order valence-corrected chi connectivity index (χ2v) is 4.83. The van der Waals surface area contributed by atoms with E-state index >= 15 is 0 Å². The Balaban J connectivity index is 0.00000200. The molecule has 1 atom stereocenters. The number of likely N-dealkylation sites (N-methyl/N-ethyl adjacent to an activating group) is 1. The molecule has 0 aliphatic carbocycles. The Kier molecular flexibility index (Phi) is 6.75. The van der Waals surface area contributed by atoms with Crippen LogP contribution in [0, 0.1) is 0 Å². The fourth-order valence-electron chi connectivity index (χ4n) is 2.25. The molecule has 0 aromatic carbocycles. The maximum absolute atomic E-state index is 12.2. The number of pyridine rings is 1. The molecule has 2 heterocycles. The third kappa shape index (κ3) is 4.65. The SMILES string of the molecule is CCN(CC1CCCO1)C(=O)Cc1ccc(N)cn1.Cl. The van der Waals surface area contributed by atoms with Crippen LogP contribution in [0.1, 0.15) is 25.5 Å². The van der Waals surface area contributed by atoms with Gasteiger partial charge in [0, 0.05) is 25.4 Å². The highest BCUT2D eigenvalue weighted by Crippen LogP contribution is 2.14. The zero-order chi connectivity index (χ0) is 13.7. The summed E-state index contributed by atoms with van der Waals surface area (Å²) in [5.41, 5.74) is 6.95. The molecule has 6 heteroatoms. The smallest absolute Gasteiger partial charge is 0.228 e. The molecule has 0 saturated carbocycles. The van der Waals surface area contributed by atoms with E-state index in [2.05, 4.69) is 4.98 Å². The van der Waals surface area contributed by atoms with Crippen molar-refractivity contribution in [2.24, 2.45) is 0 Å². The van der Waals surface area contributed by atoms with Gasteiger partial charge in [-0.1, -0.05) is 0 Å². The first kappa shape index (κ1) is 16.7. The van der Waals surface area contributed by atoms with Crippen LogP contribution < -0.4 is 5.73 Å². The van der Waals surface area contributed by atoms with Crippen molar-refractivity contribution >= 4 is 24.0 Å². The van der Waals surface area contributed by atoms with Gasteiger partial charge in [0.25, 0.3) is 0 Å². The third-order valence-corrected chi connectivity index (χ3v) is 3.36. The molecule has 0 spiro atoms. The van der Waals surface area contributed by atoms with Crippen molar-refractivity contribution in [3.05, 3.63) is 24.0 Å². The highest BCUT2D eigenvalue weighted by molar-refractivity contribution is 5.85. The van der Waals surface area contributed by atoms with E-state index in [1.165, 1.54) is 0 Å². The molecular weight excluding hydrogens is 278 g/mol. The van der Waals surface area contributed by atoms with E-state index in [0.29, 0.717) is 25.2 Å². The lowest BCUT2D eigenvalue weighted by atomic mass is 10.2. The number of nitrogen functional groups attached to an aromatic ring is 1. The van der Waals surface area contributed by atoms with Crippen molar-refractivity contribution in [1.29, 1.82) is 0 Å². The third-order valence-electron chi connectivity index (χ3n) is 3.36. The summed E-state index contributed by atoms with van der Waals surface area (Å²) >= 11 is 0. The monoisotopic (exact) mass is 299 g/mol. The summed E-state index contributed by atoms with van der Waals surface area (Å²) in [6, 6.07) is 3.57. The number of nitrogens with two attached hydrogens (primary N) is 1. The predicted octanol–water partition coefficient (Wildman–Crippen LogP) is 1.66. The fourth-order valence-corrected chi connectivity index (χ4v) is 2.25. The largest absolute Gasteiger partial charge is 0.397 e. The van der Waals surface area contributed by atoms with E-state index in [1.807, 2.05) is 11.8 Å². The number of halogens is 1. The van der Waals surface area contributed by atoms with Crippen LogP contribution in [0.4, 0.5) is 5.69 Å². The average molecular weight is 300 g/mol. The number of nitrogens with zero attached hydrogens (tertiary/aromatic N) is 2. The quantitative estimate of drug-likeness (QED) is 0.898. The molecule has 0 bridgehead atoms. The Bertz CT molecular complexity index is 419. The second kappa shape index (κ2) is 8.07. The maximum Gasteiger partial charge on any atom is 0.228 e. The number of hydrogen-bond acceptors (Lipinski definition) is 4. The summed E-state index contributed by atoms with van der Waals surface area (Å²) in [6.45, 7) is 4.19. The van der Waals surface area contributed by atoms with Crippen molar-refractivity contribution in [3.8, 4) is 0 Å². The summed E-state index contributed by atoms with van der Waals surface area (Å²) in [6.07, 6.45) is 4.24. The van der Waals surface area contributed by atoms with Crippen LogP contribution in [-0.2, 0) is 16.0 Å². The van der Waals surface area contributed by atoms with Gasteiger partial charge in [-0.05, 0) is 31.9 Å². The standard InChI is InChI=1S/C14H21N3O2.ClH/c1-2-17(10-13-4-3-7-19-13)14(18)8-12-6-5-11(15)9-16-12;/h5-6,9,13H,2-4,7-8,10,15H2,1H3;1H. The van der Waals surface area contributed by atoms with E-state index < -0.39 is 0 Å². The number of anilines is 1. The van der Waals surface area contributed by atoms with Crippen molar-refractivity contribution in [2.45, 2.75) is 32.3 Å². The van der Waals surface area contributed by atoms with Gasteiger partial charge in [-0.3, -0.25) is 9.78 Å². The molecule has 2 N–H and O–H groups in total. The number of ether oxygens (including phenoxy) is 1. The molecule has 1 aromatic rings. The molecule has 1 aromatic heterocycles. The number of amides is 1. The van der Waals surface area contributed by atoms with E-state index in [1.54, 1.807) is 18.3 Å². The molecule has 1 saturated heterocycles. The van der Waals surface area contributed by atoms with Crippen LogP contribution in [0.5, 0.6) is 0 Å². The fraction of sp³-hybridized carbons (Fsp3) is 0.571. The molecule has 5 nitrogen and oxygen atoms in total. The van der Waals surface area contributed by atoms with Gasteiger partial charge in [0.05, 0.1) is 24.4 Å². The molecule has 1 aliphatic rings. The van der Waals surface area contributed by atoms with Crippen LogP contribution >= 0.6 is 12.4 Å². The molecule has 1 fully saturated rings. The molecule has 0 radical (unpaired) electrons. The topological polar surface area (TPSA) is 68.5 Å². The van der Waals surface area contributed by atoms with Crippen molar-refractivity contribution in [3.63, 3.8) is 0 Å². The minimum absolute atomic E-state index is 0. The van der Waals surface area contributed by atoms with Gasteiger partial charge in [0.15, 0.2) is 0 Å². The molecule has 20 heavy (non-hydrogen) atoms. The van der Waals surface area contributed by atoms with Crippen LogP contribution in [-0.4, -0.2) is 41.6 Å². The van der Waals surface area contributed by atoms with Gasteiger partial charge in [-0.15, -0.1) is 12.4 Å². The lowest BCUT2D eigenvalue weighted by molar-refractivity contribution is -0.131. The maximum atomic E-state index is 12.2. The molecule has 1 amide bonds. The van der Waals surface area contributed by atoms with Gasteiger partial charge >= 0.3 is 0 Å². The summed E-state index contributed by atoms with van der Waals surface area (Å²) < 4.78 is 5.58.